The zero-order chi connectivity index (χ0) is 20.8. The Morgan fingerprint density at radius 2 is 1.60 bits per heavy atom. The number of nitrogens with one attached hydrogen (secondary N) is 2. The fourth-order valence-corrected chi connectivity index (χ4v) is 3.59. The minimum Gasteiger partial charge on any atom is -0.486 e. The smallest absolute Gasteiger partial charge is 0.313 e. The molecule has 0 radical (unpaired) electrons. The minimum atomic E-state index is -0.694. The summed E-state index contributed by atoms with van der Waals surface area (Å²) in [7, 11) is 0. The van der Waals surface area contributed by atoms with E-state index in [1.165, 1.54) is 5.69 Å². The largest absolute Gasteiger partial charge is 0.486 e. The predicted octanol–water partition coefficient (Wildman–Crippen LogP) is 1.33. The molecule has 2 aromatic rings. The number of rotatable bonds is 5. The molecule has 0 saturated carbocycles. The van der Waals surface area contributed by atoms with Crippen LogP contribution in [0.1, 0.15) is 0 Å². The number of ether oxygens (including phenoxy) is 2. The molecule has 0 atom stereocenters. The normalized spacial score (nSPS) is 16.1. The van der Waals surface area contributed by atoms with Crippen LogP contribution in [0.25, 0.3) is 0 Å². The number of anilines is 2. The van der Waals surface area contributed by atoms with Gasteiger partial charge in [0.15, 0.2) is 11.5 Å². The Morgan fingerprint density at radius 3 is 2.37 bits per heavy atom. The fourth-order valence-electron chi connectivity index (χ4n) is 3.59. The third kappa shape index (κ3) is 5.01. The lowest BCUT2D eigenvalue weighted by atomic mass is 10.2. The first-order chi connectivity index (χ1) is 14.7. The summed E-state index contributed by atoms with van der Waals surface area (Å²) >= 11 is 0. The van der Waals surface area contributed by atoms with Crippen LogP contribution in [0.15, 0.2) is 48.5 Å². The lowest BCUT2D eigenvalue weighted by Crippen LogP contribution is -2.49. The maximum absolute atomic E-state index is 12.1. The van der Waals surface area contributed by atoms with Gasteiger partial charge in [0.25, 0.3) is 0 Å². The molecule has 2 aromatic carbocycles. The Bertz CT molecular complexity index is 882. The average molecular weight is 410 g/mol. The zero-order valence-corrected chi connectivity index (χ0v) is 16.8. The van der Waals surface area contributed by atoms with Crippen molar-refractivity contribution in [1.82, 2.24) is 10.2 Å². The molecule has 0 bridgehead atoms. The van der Waals surface area contributed by atoms with Crippen molar-refractivity contribution in [2.75, 3.05) is 62.7 Å². The second-order valence-corrected chi connectivity index (χ2v) is 7.23. The maximum atomic E-state index is 12.1. The number of nitrogens with zero attached hydrogens (tertiary/aromatic N) is 2. The Morgan fingerprint density at radius 1 is 0.867 bits per heavy atom. The van der Waals surface area contributed by atoms with Gasteiger partial charge >= 0.3 is 11.8 Å². The van der Waals surface area contributed by atoms with Crippen molar-refractivity contribution in [1.29, 1.82) is 0 Å². The molecule has 30 heavy (non-hydrogen) atoms. The summed E-state index contributed by atoms with van der Waals surface area (Å²) in [5, 5.41) is 5.29. The first kappa shape index (κ1) is 20.0. The maximum Gasteiger partial charge on any atom is 0.313 e. The first-order valence-corrected chi connectivity index (χ1v) is 10.2. The van der Waals surface area contributed by atoms with Crippen LogP contribution in [0.3, 0.4) is 0 Å². The second-order valence-electron chi connectivity index (χ2n) is 7.23. The minimum absolute atomic E-state index is 0.429. The third-order valence-electron chi connectivity index (χ3n) is 5.21. The van der Waals surface area contributed by atoms with E-state index in [0.717, 1.165) is 26.2 Å². The summed E-state index contributed by atoms with van der Waals surface area (Å²) in [5.41, 5.74) is 1.73. The van der Waals surface area contributed by atoms with E-state index in [0.29, 0.717) is 43.5 Å². The molecule has 158 valence electrons. The van der Waals surface area contributed by atoms with Crippen molar-refractivity contribution in [2.45, 2.75) is 0 Å². The molecule has 8 heteroatoms. The lowest BCUT2D eigenvalue weighted by molar-refractivity contribution is -0.136. The average Bonchev–Trinajstić information content (AvgIpc) is 2.80. The Labute approximate surface area is 175 Å². The second kappa shape index (κ2) is 9.49. The van der Waals surface area contributed by atoms with Crippen LogP contribution in [0.4, 0.5) is 11.4 Å². The van der Waals surface area contributed by atoms with Crippen LogP contribution in [0, 0.1) is 0 Å². The van der Waals surface area contributed by atoms with Crippen molar-refractivity contribution in [3.8, 4) is 11.5 Å². The van der Waals surface area contributed by atoms with Crippen LogP contribution in [0.2, 0.25) is 0 Å². The predicted molar refractivity (Wildman–Crippen MR) is 114 cm³/mol. The molecule has 0 aliphatic carbocycles. The number of amides is 2. The van der Waals surface area contributed by atoms with E-state index in [4.69, 9.17) is 9.47 Å². The summed E-state index contributed by atoms with van der Waals surface area (Å²) in [4.78, 5) is 28.9. The topological polar surface area (TPSA) is 83.1 Å². The number of para-hydroxylation sites is 1. The van der Waals surface area contributed by atoms with Crippen molar-refractivity contribution in [2.24, 2.45) is 0 Å². The van der Waals surface area contributed by atoms with Crippen molar-refractivity contribution >= 4 is 23.2 Å². The van der Waals surface area contributed by atoms with E-state index in [1.807, 2.05) is 18.2 Å². The summed E-state index contributed by atoms with van der Waals surface area (Å²) in [6, 6.07) is 15.4. The lowest BCUT2D eigenvalue weighted by Gasteiger charge is -2.36. The van der Waals surface area contributed by atoms with E-state index >= 15 is 0 Å². The molecule has 8 nitrogen and oxygen atoms in total. The summed E-state index contributed by atoms with van der Waals surface area (Å²) < 4.78 is 10.9. The molecular weight excluding hydrogens is 384 g/mol. The molecule has 1 saturated heterocycles. The molecule has 0 spiro atoms. The summed E-state index contributed by atoms with van der Waals surface area (Å²) in [6.07, 6.45) is 0. The van der Waals surface area contributed by atoms with Crippen LogP contribution in [-0.4, -0.2) is 69.2 Å². The summed E-state index contributed by atoms with van der Waals surface area (Å²) in [6.45, 7) is 5.85. The van der Waals surface area contributed by atoms with Gasteiger partial charge in [-0.25, -0.2) is 0 Å². The van der Waals surface area contributed by atoms with Crippen LogP contribution in [0.5, 0.6) is 11.5 Å². The number of hydrogen-bond donors (Lipinski definition) is 2. The highest BCUT2D eigenvalue weighted by Gasteiger charge is 2.19. The van der Waals surface area contributed by atoms with Gasteiger partial charge in [-0.3, -0.25) is 14.5 Å². The number of hydrogen-bond acceptors (Lipinski definition) is 6. The van der Waals surface area contributed by atoms with E-state index in [-0.39, 0.29) is 0 Å². The van der Waals surface area contributed by atoms with Gasteiger partial charge in [-0.15, -0.1) is 0 Å². The Balaban J connectivity index is 1.17. The highest BCUT2D eigenvalue weighted by Crippen LogP contribution is 2.32. The van der Waals surface area contributed by atoms with Gasteiger partial charge in [-0.05, 0) is 24.3 Å². The number of piperazine rings is 1. The molecule has 2 aliphatic rings. The van der Waals surface area contributed by atoms with Gasteiger partial charge in [0.05, 0.1) is 0 Å². The van der Waals surface area contributed by atoms with E-state index in [9.17, 15) is 9.59 Å². The van der Waals surface area contributed by atoms with Crippen molar-refractivity contribution in [3.63, 3.8) is 0 Å². The molecule has 2 N–H and O–H groups in total. The van der Waals surface area contributed by atoms with Gasteiger partial charge in [0.2, 0.25) is 0 Å². The van der Waals surface area contributed by atoms with Gasteiger partial charge in [0, 0.05) is 56.7 Å². The summed E-state index contributed by atoms with van der Waals surface area (Å²) in [5.74, 6) is -0.140. The molecule has 2 amide bonds. The molecule has 0 aromatic heterocycles. The van der Waals surface area contributed by atoms with E-state index in [1.54, 1.807) is 18.2 Å². The Hall–Kier alpha value is -3.26. The molecule has 2 aliphatic heterocycles. The number of benzene rings is 2. The molecule has 0 unspecified atom stereocenters. The molecule has 2 heterocycles. The monoisotopic (exact) mass is 410 g/mol. The van der Waals surface area contributed by atoms with Gasteiger partial charge in [0.1, 0.15) is 13.2 Å². The first-order valence-electron chi connectivity index (χ1n) is 10.2. The number of fused-ring (bicyclic) bond motifs is 1. The molecule has 1 fully saturated rings. The van der Waals surface area contributed by atoms with Gasteiger partial charge in [-0.1, -0.05) is 18.2 Å². The zero-order valence-electron chi connectivity index (χ0n) is 16.8. The standard InChI is InChI=1S/C22H26N4O4/c27-21(22(28)24-17-6-7-19-20(16-17)30-15-14-29-19)23-8-9-25-10-12-26(13-11-25)18-4-2-1-3-5-18/h1-7,16H,8-15H2,(H,23,27)(H,24,28). The fraction of sp³-hybridized carbons (Fsp3) is 0.364. The van der Waals surface area contributed by atoms with E-state index < -0.39 is 11.8 Å². The highest BCUT2D eigenvalue weighted by atomic mass is 16.6. The quantitative estimate of drug-likeness (QED) is 0.724. The molecule has 4 rings (SSSR count). The SMILES string of the molecule is O=C(NCCN1CCN(c2ccccc2)CC1)C(=O)Nc1ccc2c(c1)OCCO2. The van der Waals surface area contributed by atoms with Crippen LogP contribution < -0.4 is 25.0 Å². The van der Waals surface area contributed by atoms with Crippen LogP contribution >= 0.6 is 0 Å². The highest BCUT2D eigenvalue weighted by molar-refractivity contribution is 6.39. The van der Waals surface area contributed by atoms with Gasteiger partial charge in [-0.2, -0.15) is 0 Å². The van der Waals surface area contributed by atoms with E-state index in [2.05, 4.69) is 32.6 Å². The molecular formula is C22H26N4O4. The number of carbonyl (C=O) groups is 2. The van der Waals surface area contributed by atoms with Crippen LogP contribution in [-0.2, 0) is 9.59 Å². The third-order valence-corrected chi connectivity index (χ3v) is 5.21. The number of carbonyl (C=O) groups excluding carboxylic acids is 2. The van der Waals surface area contributed by atoms with Crippen molar-refractivity contribution in [3.05, 3.63) is 48.5 Å². The Kier molecular flexibility index (Phi) is 6.34. The van der Waals surface area contributed by atoms with Crippen molar-refractivity contribution < 1.29 is 19.1 Å². The van der Waals surface area contributed by atoms with Gasteiger partial charge < -0.3 is 25.0 Å².